The minimum atomic E-state index is 0.467. The summed E-state index contributed by atoms with van der Waals surface area (Å²) in [6.07, 6.45) is 8.83. The van der Waals surface area contributed by atoms with Gasteiger partial charge in [-0.25, -0.2) is 9.97 Å². The fourth-order valence-electron chi connectivity index (χ4n) is 3.84. The molecular formula is C17H22N4O. The third-order valence-corrected chi connectivity index (χ3v) is 5.16. The van der Waals surface area contributed by atoms with E-state index in [0.29, 0.717) is 23.4 Å². The van der Waals surface area contributed by atoms with Crippen LogP contribution in [0.25, 0.3) is 0 Å². The maximum atomic E-state index is 9.44. The minimum Gasteiger partial charge on any atom is -0.381 e. The van der Waals surface area contributed by atoms with Crippen LogP contribution in [0.3, 0.4) is 0 Å². The fourth-order valence-corrected chi connectivity index (χ4v) is 3.84. The molecule has 5 nitrogen and oxygen atoms in total. The van der Waals surface area contributed by atoms with Gasteiger partial charge in [0.05, 0.1) is 12.8 Å². The van der Waals surface area contributed by atoms with Crippen molar-refractivity contribution in [1.29, 1.82) is 5.26 Å². The Bertz CT molecular complexity index is 587. The van der Waals surface area contributed by atoms with Gasteiger partial charge in [-0.1, -0.05) is 0 Å². The standard InChI is InChI=1S/C17H22N4O/c18-9-14-10-19-16(12-5-6-12)20-17(14)21-7-1-4-15(21)13-3-2-8-22-11-13/h10,12-13,15H,1-8,11H2. The van der Waals surface area contributed by atoms with Crippen LogP contribution in [-0.2, 0) is 4.74 Å². The summed E-state index contributed by atoms with van der Waals surface area (Å²) >= 11 is 0. The second-order valence-corrected chi connectivity index (χ2v) is 6.73. The normalized spacial score (nSPS) is 28.6. The quantitative estimate of drug-likeness (QED) is 0.858. The predicted octanol–water partition coefficient (Wildman–Crippen LogP) is 2.62. The molecule has 0 bridgehead atoms. The average Bonchev–Trinajstić information content (AvgIpc) is 3.32. The molecule has 3 fully saturated rings. The highest BCUT2D eigenvalue weighted by Gasteiger charge is 2.36. The summed E-state index contributed by atoms with van der Waals surface area (Å²) in [5, 5.41) is 9.44. The van der Waals surface area contributed by atoms with Gasteiger partial charge in [0.1, 0.15) is 17.5 Å². The molecule has 3 aliphatic rings. The summed E-state index contributed by atoms with van der Waals surface area (Å²) in [4.78, 5) is 11.5. The molecule has 1 aliphatic carbocycles. The van der Waals surface area contributed by atoms with Crippen molar-refractivity contribution >= 4 is 5.82 Å². The lowest BCUT2D eigenvalue weighted by Gasteiger charge is -2.35. The molecular weight excluding hydrogens is 276 g/mol. The summed E-state index contributed by atoms with van der Waals surface area (Å²) in [7, 11) is 0. The Labute approximate surface area is 131 Å². The van der Waals surface area contributed by atoms with E-state index in [4.69, 9.17) is 9.72 Å². The summed E-state index contributed by atoms with van der Waals surface area (Å²) in [5.74, 6) is 2.89. The molecule has 5 heteroatoms. The van der Waals surface area contributed by atoms with Gasteiger partial charge in [-0.3, -0.25) is 0 Å². The molecule has 2 atom stereocenters. The molecule has 2 unspecified atom stereocenters. The van der Waals surface area contributed by atoms with Gasteiger partial charge in [0, 0.05) is 31.0 Å². The van der Waals surface area contributed by atoms with Gasteiger partial charge in [0.15, 0.2) is 5.82 Å². The molecule has 2 aliphatic heterocycles. The molecule has 22 heavy (non-hydrogen) atoms. The van der Waals surface area contributed by atoms with E-state index in [1.807, 2.05) is 0 Å². The van der Waals surface area contributed by atoms with E-state index in [9.17, 15) is 5.26 Å². The van der Waals surface area contributed by atoms with Gasteiger partial charge in [0.25, 0.3) is 0 Å². The topological polar surface area (TPSA) is 62.0 Å². The van der Waals surface area contributed by atoms with E-state index in [-0.39, 0.29) is 0 Å². The molecule has 0 radical (unpaired) electrons. The Hall–Kier alpha value is -1.67. The van der Waals surface area contributed by atoms with Gasteiger partial charge in [0.2, 0.25) is 0 Å². The van der Waals surface area contributed by atoms with E-state index >= 15 is 0 Å². The second-order valence-electron chi connectivity index (χ2n) is 6.73. The van der Waals surface area contributed by atoms with Gasteiger partial charge in [-0.05, 0) is 38.5 Å². The fraction of sp³-hybridized carbons (Fsp3) is 0.706. The van der Waals surface area contributed by atoms with Crippen LogP contribution in [0.4, 0.5) is 5.82 Å². The third-order valence-electron chi connectivity index (χ3n) is 5.16. The van der Waals surface area contributed by atoms with E-state index in [2.05, 4.69) is 16.0 Å². The van der Waals surface area contributed by atoms with E-state index in [1.165, 1.54) is 32.1 Å². The lowest BCUT2D eigenvalue weighted by Crippen LogP contribution is -2.40. The number of rotatable bonds is 3. The van der Waals surface area contributed by atoms with Crippen LogP contribution in [0.15, 0.2) is 6.20 Å². The lowest BCUT2D eigenvalue weighted by atomic mass is 9.92. The van der Waals surface area contributed by atoms with Gasteiger partial charge >= 0.3 is 0 Å². The minimum absolute atomic E-state index is 0.467. The molecule has 116 valence electrons. The van der Waals surface area contributed by atoms with Crippen LogP contribution in [-0.4, -0.2) is 35.8 Å². The van der Waals surface area contributed by atoms with Gasteiger partial charge in [-0.2, -0.15) is 5.26 Å². The molecule has 1 aromatic rings. The SMILES string of the molecule is N#Cc1cnc(C2CC2)nc1N1CCCC1C1CCCOC1. The second kappa shape index (κ2) is 5.85. The summed E-state index contributed by atoms with van der Waals surface area (Å²) in [5.41, 5.74) is 0.619. The van der Waals surface area contributed by atoms with Gasteiger partial charge < -0.3 is 9.64 Å². The summed E-state index contributed by atoms with van der Waals surface area (Å²) in [6.45, 7) is 2.74. The number of ether oxygens (including phenoxy) is 1. The number of nitriles is 1. The molecule has 2 saturated heterocycles. The lowest BCUT2D eigenvalue weighted by molar-refractivity contribution is 0.0454. The number of nitrogens with zero attached hydrogens (tertiary/aromatic N) is 4. The summed E-state index contributed by atoms with van der Waals surface area (Å²) in [6, 6.07) is 2.75. The van der Waals surface area contributed by atoms with Crippen LogP contribution in [0, 0.1) is 17.2 Å². The molecule has 0 amide bonds. The Balaban J connectivity index is 1.64. The van der Waals surface area contributed by atoms with E-state index in [1.54, 1.807) is 6.20 Å². The van der Waals surface area contributed by atoms with Crippen LogP contribution < -0.4 is 4.90 Å². The first kappa shape index (κ1) is 14.0. The molecule has 0 N–H and O–H groups in total. The highest BCUT2D eigenvalue weighted by molar-refractivity contribution is 5.54. The van der Waals surface area contributed by atoms with Crippen molar-refractivity contribution in [2.75, 3.05) is 24.7 Å². The zero-order valence-electron chi connectivity index (χ0n) is 12.9. The van der Waals surface area contributed by atoms with Crippen molar-refractivity contribution in [1.82, 2.24) is 9.97 Å². The van der Waals surface area contributed by atoms with Crippen molar-refractivity contribution in [3.8, 4) is 6.07 Å². The maximum Gasteiger partial charge on any atom is 0.150 e. The van der Waals surface area contributed by atoms with Crippen molar-refractivity contribution in [2.45, 2.75) is 50.5 Å². The molecule has 0 spiro atoms. The first-order valence-corrected chi connectivity index (χ1v) is 8.48. The van der Waals surface area contributed by atoms with Crippen LogP contribution in [0.5, 0.6) is 0 Å². The monoisotopic (exact) mass is 298 g/mol. The molecule has 3 heterocycles. The Kier molecular flexibility index (Phi) is 3.71. The van der Waals surface area contributed by atoms with Crippen LogP contribution in [0.1, 0.15) is 55.8 Å². The van der Waals surface area contributed by atoms with Gasteiger partial charge in [-0.15, -0.1) is 0 Å². The van der Waals surface area contributed by atoms with Crippen molar-refractivity contribution < 1.29 is 4.74 Å². The molecule has 0 aromatic carbocycles. The van der Waals surface area contributed by atoms with Crippen LogP contribution in [0.2, 0.25) is 0 Å². The highest BCUT2D eigenvalue weighted by atomic mass is 16.5. The van der Waals surface area contributed by atoms with Crippen molar-refractivity contribution in [2.24, 2.45) is 5.92 Å². The number of anilines is 1. The van der Waals surface area contributed by atoms with Crippen LogP contribution >= 0.6 is 0 Å². The Morgan fingerprint density at radius 1 is 1.23 bits per heavy atom. The van der Waals surface area contributed by atoms with E-state index < -0.39 is 0 Å². The zero-order valence-corrected chi connectivity index (χ0v) is 12.9. The summed E-state index contributed by atoms with van der Waals surface area (Å²) < 4.78 is 5.68. The number of hydrogen-bond acceptors (Lipinski definition) is 5. The smallest absolute Gasteiger partial charge is 0.150 e. The van der Waals surface area contributed by atoms with Crippen molar-refractivity contribution in [3.05, 3.63) is 17.6 Å². The first-order valence-electron chi connectivity index (χ1n) is 8.48. The molecule has 4 rings (SSSR count). The predicted molar refractivity (Wildman–Crippen MR) is 82.6 cm³/mol. The number of hydrogen-bond donors (Lipinski definition) is 0. The highest BCUT2D eigenvalue weighted by Crippen LogP contribution is 2.40. The maximum absolute atomic E-state index is 9.44. The zero-order chi connectivity index (χ0) is 14.9. The molecule has 1 saturated carbocycles. The number of aromatic nitrogens is 2. The molecule has 1 aromatic heterocycles. The van der Waals surface area contributed by atoms with Crippen molar-refractivity contribution in [3.63, 3.8) is 0 Å². The average molecular weight is 298 g/mol. The largest absolute Gasteiger partial charge is 0.381 e. The third kappa shape index (κ3) is 2.56. The van der Waals surface area contributed by atoms with E-state index in [0.717, 1.165) is 37.8 Å². The first-order chi connectivity index (χ1) is 10.9. The Morgan fingerprint density at radius 2 is 2.14 bits per heavy atom. The Morgan fingerprint density at radius 3 is 2.86 bits per heavy atom.